The number of carbonyl (C=O) groups excluding carboxylic acids is 2. The van der Waals surface area contributed by atoms with E-state index in [0.717, 1.165) is 0 Å². The Morgan fingerprint density at radius 1 is 0.800 bits per heavy atom. The Labute approximate surface area is 188 Å². The summed E-state index contributed by atoms with van der Waals surface area (Å²) in [6.07, 6.45) is 10.1. The first kappa shape index (κ1) is 21.6. The van der Waals surface area contributed by atoms with Crippen molar-refractivity contribution >= 4 is 36.6 Å². The molecule has 2 atom stereocenters. The van der Waals surface area contributed by atoms with E-state index in [9.17, 15) is 9.59 Å². The first-order valence-corrected chi connectivity index (χ1v) is 24.5. The summed E-state index contributed by atoms with van der Waals surface area (Å²) in [5.41, 5.74) is 5.30. The second kappa shape index (κ2) is 9.67. The summed E-state index contributed by atoms with van der Waals surface area (Å²) in [7, 11) is 0. The van der Waals surface area contributed by atoms with Crippen LogP contribution in [-0.2, 0) is 28.3 Å². The van der Waals surface area contributed by atoms with Gasteiger partial charge in [0.2, 0.25) is 0 Å². The zero-order valence-electron chi connectivity index (χ0n) is 17.4. The molecule has 0 fully saturated rings. The molecule has 2 aromatic rings. The summed E-state index contributed by atoms with van der Waals surface area (Å²) in [5.74, 6) is 0.139. The number of hydrogen-bond donors (Lipinski definition) is 2. The minimum absolute atomic E-state index is 0.0695. The van der Waals surface area contributed by atoms with Gasteiger partial charge in [-0.05, 0) is 0 Å². The van der Waals surface area contributed by atoms with E-state index in [2.05, 4.69) is 80.9 Å². The molecule has 0 radical (unpaired) electrons. The van der Waals surface area contributed by atoms with E-state index in [1.165, 1.54) is 22.3 Å². The average molecular weight is 535 g/mol. The second-order valence-corrected chi connectivity index (χ2v) is 31.9. The van der Waals surface area contributed by atoms with Crippen molar-refractivity contribution in [1.82, 2.24) is 8.05 Å². The fourth-order valence-corrected chi connectivity index (χ4v) is 39.3. The van der Waals surface area contributed by atoms with Crippen molar-refractivity contribution in [3.05, 3.63) is 82.9 Å². The monoisotopic (exact) mass is 533 g/mol. The van der Waals surface area contributed by atoms with Gasteiger partial charge in [0.05, 0.1) is 0 Å². The molecule has 0 spiro atoms. The van der Waals surface area contributed by atoms with Crippen LogP contribution in [0, 0.1) is 0 Å². The molecular weight excluding hydrogens is 509 g/mol. The molecule has 0 aliphatic heterocycles. The summed E-state index contributed by atoms with van der Waals surface area (Å²) in [4.78, 5) is 25.0. The van der Waals surface area contributed by atoms with Gasteiger partial charge in [0.25, 0.3) is 0 Å². The van der Waals surface area contributed by atoms with Crippen LogP contribution in [0.1, 0.15) is 56.2 Å². The molecule has 0 bridgehead atoms. The third-order valence-electron chi connectivity index (χ3n) is 5.90. The van der Waals surface area contributed by atoms with E-state index in [4.69, 9.17) is 0 Å². The van der Waals surface area contributed by atoms with Gasteiger partial charge in [-0.15, -0.1) is 0 Å². The van der Waals surface area contributed by atoms with Crippen molar-refractivity contribution in [3.8, 4) is 0 Å². The average Bonchev–Trinajstić information content (AvgIpc) is 3.39. The van der Waals surface area contributed by atoms with Gasteiger partial charge in [0.15, 0.2) is 0 Å². The molecule has 2 aliphatic carbocycles. The van der Waals surface area contributed by atoms with Gasteiger partial charge in [-0.25, -0.2) is 0 Å². The van der Waals surface area contributed by atoms with Crippen LogP contribution in [0.3, 0.4) is 0 Å². The van der Waals surface area contributed by atoms with Gasteiger partial charge in [-0.1, -0.05) is 0 Å². The van der Waals surface area contributed by atoms with Crippen LogP contribution in [0.25, 0.3) is 12.2 Å². The van der Waals surface area contributed by atoms with E-state index >= 15 is 0 Å². The summed E-state index contributed by atoms with van der Waals surface area (Å²) < 4.78 is 7.50. The molecule has 0 saturated carbocycles. The molecule has 0 saturated heterocycles. The predicted molar refractivity (Wildman–Crippen MR) is 119 cm³/mol. The van der Waals surface area contributed by atoms with E-state index in [0.29, 0.717) is 20.1 Å². The van der Waals surface area contributed by atoms with Crippen molar-refractivity contribution in [2.45, 2.75) is 33.9 Å². The molecule has 2 N–H and O–H groups in total. The van der Waals surface area contributed by atoms with Gasteiger partial charge >= 0.3 is 190 Å². The van der Waals surface area contributed by atoms with Crippen molar-refractivity contribution in [1.29, 1.82) is 0 Å². The number of carbonyl (C=O) groups is 2. The number of amides is 2. The van der Waals surface area contributed by atoms with E-state index in [-0.39, 0.29) is 11.8 Å². The molecular formula is C24H26GaN2O2Zr. The molecule has 4 nitrogen and oxygen atoms in total. The van der Waals surface area contributed by atoms with Crippen LogP contribution >= 0.6 is 0 Å². The Hall–Kier alpha value is -1.62. The van der Waals surface area contributed by atoms with Crippen molar-refractivity contribution in [2.75, 3.05) is 0 Å². The minimum atomic E-state index is -2.64. The molecule has 6 heteroatoms. The summed E-state index contributed by atoms with van der Waals surface area (Å²) in [6, 6.07) is 17.2. The molecule has 4 rings (SSSR count). The van der Waals surface area contributed by atoms with Crippen LogP contribution in [0.4, 0.5) is 0 Å². The fourth-order valence-electron chi connectivity index (χ4n) is 4.36. The third-order valence-corrected chi connectivity index (χ3v) is 37.0. The molecule has 30 heavy (non-hydrogen) atoms. The Kier molecular flexibility index (Phi) is 6.97. The molecule has 0 aromatic heterocycles. The number of rotatable bonds is 7. The topological polar surface area (TPSA) is 58.2 Å². The number of hydrogen-bond acceptors (Lipinski definition) is 2. The standard InChI is InChI=1S/2C9H7.2C3H7NO.Ga.Zr/c2*1-2-5-9-7-3-6-8(9)4-1;2*1-2-3(4)5;;/h2*1-7H;2*2H2,1H3,(H2,4,5);;/q;;;;+2;/p-2. The zero-order valence-corrected chi connectivity index (χ0v) is 22.3. The summed E-state index contributed by atoms with van der Waals surface area (Å²) in [5, 5.41) is 0. The maximum atomic E-state index is 12.5. The molecule has 2 amide bonds. The zero-order chi connectivity index (χ0) is 21.1. The Morgan fingerprint density at radius 2 is 1.23 bits per heavy atom. The van der Waals surface area contributed by atoms with Crippen LogP contribution in [-0.4, -0.2) is 24.5 Å². The third kappa shape index (κ3) is 4.37. The van der Waals surface area contributed by atoms with Crippen LogP contribution < -0.4 is 8.05 Å². The molecule has 0 heterocycles. The van der Waals surface area contributed by atoms with E-state index in [1.54, 1.807) is 0 Å². The van der Waals surface area contributed by atoms with Crippen LogP contribution in [0.15, 0.2) is 60.7 Å². The van der Waals surface area contributed by atoms with Gasteiger partial charge in [-0.2, -0.15) is 0 Å². The van der Waals surface area contributed by atoms with Crippen molar-refractivity contribution < 1.29 is 28.3 Å². The first-order chi connectivity index (χ1) is 14.6. The Bertz CT molecular complexity index is 940. The summed E-state index contributed by atoms with van der Waals surface area (Å²) in [6.45, 7) is 3.77. The van der Waals surface area contributed by atoms with Crippen LogP contribution in [0.5, 0.6) is 0 Å². The number of fused-ring (bicyclic) bond motifs is 2. The molecule has 151 valence electrons. The molecule has 2 unspecified atom stereocenters. The predicted octanol–water partition coefficient (Wildman–Crippen LogP) is 4.18. The number of benzene rings is 2. The van der Waals surface area contributed by atoms with Crippen molar-refractivity contribution in [2.24, 2.45) is 0 Å². The van der Waals surface area contributed by atoms with Crippen molar-refractivity contribution in [3.63, 3.8) is 0 Å². The SMILES string of the molecule is CCC(=O)[NH][Ga]([NH]C(=O)CC)[Zr]([CH]1C=Cc2ccccc21)[CH]1C=Cc2ccccc21. The summed E-state index contributed by atoms with van der Waals surface area (Å²) >= 11 is -5.14. The van der Waals surface area contributed by atoms with Crippen LogP contribution in [0.2, 0.25) is 0 Å². The van der Waals surface area contributed by atoms with Gasteiger partial charge < -0.3 is 0 Å². The normalized spacial score (nSPS) is 17.9. The fraction of sp³-hybridized carbons (Fsp3) is 0.250. The van der Waals surface area contributed by atoms with Gasteiger partial charge in [0, 0.05) is 0 Å². The Balaban J connectivity index is 1.79. The Morgan fingerprint density at radius 3 is 1.67 bits per heavy atom. The maximum absolute atomic E-state index is 12.5. The second-order valence-electron chi connectivity index (χ2n) is 7.71. The van der Waals surface area contributed by atoms with E-state index < -0.39 is 31.3 Å². The molecule has 2 aromatic carbocycles. The first-order valence-electron chi connectivity index (χ1n) is 10.6. The van der Waals surface area contributed by atoms with E-state index in [1.807, 2.05) is 13.8 Å². The molecule has 2 aliphatic rings. The van der Waals surface area contributed by atoms with Gasteiger partial charge in [-0.3, -0.25) is 0 Å². The van der Waals surface area contributed by atoms with Gasteiger partial charge in [0.1, 0.15) is 0 Å². The number of allylic oxidation sites excluding steroid dienone is 2. The number of nitrogens with one attached hydrogen (secondary N) is 2. The quantitative estimate of drug-likeness (QED) is 0.523.